The third-order valence-corrected chi connectivity index (χ3v) is 5.62. The van der Waals surface area contributed by atoms with E-state index in [1.807, 2.05) is 68.4 Å². The molecule has 0 N–H and O–H groups in total. The Balaban J connectivity index is 1.70. The number of imide groups is 1. The summed E-state index contributed by atoms with van der Waals surface area (Å²) in [4.78, 5) is 42.5. The maximum absolute atomic E-state index is 13.5. The number of rotatable bonds is 5. The molecule has 1 fully saturated rings. The number of hydrogen-bond acceptors (Lipinski definition) is 3. The minimum Gasteiger partial charge on any atom is -0.322 e. The average molecular weight is 412 g/mol. The van der Waals surface area contributed by atoms with E-state index in [0.29, 0.717) is 11.3 Å². The van der Waals surface area contributed by atoms with Crippen LogP contribution < -0.4 is 4.90 Å². The van der Waals surface area contributed by atoms with Crippen molar-refractivity contribution in [3.8, 4) is 0 Å². The molecule has 3 aromatic rings. The van der Waals surface area contributed by atoms with E-state index in [0.717, 1.165) is 16.7 Å². The fourth-order valence-corrected chi connectivity index (χ4v) is 3.90. The molecule has 0 spiro atoms. The molecule has 5 heteroatoms. The van der Waals surface area contributed by atoms with Crippen molar-refractivity contribution in [2.24, 2.45) is 0 Å². The minimum absolute atomic E-state index is 0.0306. The van der Waals surface area contributed by atoms with Crippen LogP contribution in [0.15, 0.2) is 78.9 Å². The highest BCUT2D eigenvalue weighted by Gasteiger charge is 2.44. The Labute approximate surface area is 181 Å². The lowest BCUT2D eigenvalue weighted by atomic mass is 10.0. The number of amides is 3. The van der Waals surface area contributed by atoms with E-state index >= 15 is 0 Å². The lowest BCUT2D eigenvalue weighted by Crippen LogP contribution is -2.45. The van der Waals surface area contributed by atoms with Crippen molar-refractivity contribution in [3.63, 3.8) is 0 Å². The van der Waals surface area contributed by atoms with Crippen molar-refractivity contribution in [1.29, 1.82) is 0 Å². The van der Waals surface area contributed by atoms with E-state index in [1.165, 1.54) is 9.80 Å². The predicted molar refractivity (Wildman–Crippen MR) is 120 cm³/mol. The fraction of sp³-hybridized carbons (Fsp3) is 0.192. The molecule has 0 bridgehead atoms. The number of aryl methyl sites for hydroxylation is 2. The van der Waals surface area contributed by atoms with E-state index in [2.05, 4.69) is 0 Å². The van der Waals surface area contributed by atoms with Crippen LogP contribution in [0.2, 0.25) is 0 Å². The Morgan fingerprint density at radius 3 is 2.23 bits per heavy atom. The Morgan fingerprint density at radius 2 is 1.55 bits per heavy atom. The average Bonchev–Trinajstić information content (AvgIpc) is 3.07. The Morgan fingerprint density at radius 1 is 0.903 bits per heavy atom. The van der Waals surface area contributed by atoms with E-state index in [1.54, 1.807) is 24.3 Å². The molecular formula is C26H24N2O3. The minimum atomic E-state index is -0.846. The van der Waals surface area contributed by atoms with Gasteiger partial charge in [-0.15, -0.1) is 0 Å². The van der Waals surface area contributed by atoms with E-state index in [-0.39, 0.29) is 30.7 Å². The summed E-state index contributed by atoms with van der Waals surface area (Å²) in [6.45, 7) is 4.07. The molecule has 0 radical (unpaired) electrons. The molecule has 1 atom stereocenters. The summed E-state index contributed by atoms with van der Waals surface area (Å²) < 4.78 is 0. The largest absolute Gasteiger partial charge is 0.322 e. The number of carbonyl (C=O) groups is 3. The van der Waals surface area contributed by atoms with Gasteiger partial charge in [0.05, 0.1) is 12.1 Å². The molecule has 4 rings (SSSR count). The van der Waals surface area contributed by atoms with Gasteiger partial charge in [-0.05, 0) is 43.2 Å². The van der Waals surface area contributed by atoms with Gasteiger partial charge in [0.1, 0.15) is 6.04 Å². The summed E-state index contributed by atoms with van der Waals surface area (Å²) in [7, 11) is 0. The van der Waals surface area contributed by atoms with Crippen LogP contribution in [0.1, 0.15) is 33.5 Å². The standard InChI is InChI=1S/C26H24N2O3/c1-18-12-14-21(15-13-18)28-24(29)16-23(26(28)31)27(17-20-9-4-3-5-10-20)25(30)22-11-7-6-8-19(22)2/h3-15,23H,16-17H2,1-2H3. The lowest BCUT2D eigenvalue weighted by molar-refractivity contribution is -0.122. The van der Waals surface area contributed by atoms with Crippen molar-refractivity contribution in [2.45, 2.75) is 32.9 Å². The van der Waals surface area contributed by atoms with Crippen LogP contribution in [-0.4, -0.2) is 28.7 Å². The van der Waals surface area contributed by atoms with Crippen molar-refractivity contribution in [3.05, 3.63) is 101 Å². The SMILES string of the molecule is Cc1ccc(N2C(=O)CC(N(Cc3ccccc3)C(=O)c3ccccc3C)C2=O)cc1. The molecule has 0 aliphatic carbocycles. The number of carbonyl (C=O) groups excluding carboxylic acids is 3. The van der Waals surface area contributed by atoms with Gasteiger partial charge in [-0.1, -0.05) is 66.2 Å². The summed E-state index contributed by atoms with van der Waals surface area (Å²) in [5.41, 5.74) is 3.84. The van der Waals surface area contributed by atoms with E-state index in [9.17, 15) is 14.4 Å². The van der Waals surface area contributed by atoms with Gasteiger partial charge < -0.3 is 4.90 Å². The first kappa shape index (κ1) is 20.5. The van der Waals surface area contributed by atoms with Crippen LogP contribution in [0.5, 0.6) is 0 Å². The molecule has 5 nitrogen and oxygen atoms in total. The number of benzene rings is 3. The van der Waals surface area contributed by atoms with Crippen molar-refractivity contribution < 1.29 is 14.4 Å². The molecule has 3 aromatic carbocycles. The molecule has 1 heterocycles. The number of anilines is 1. The molecule has 1 aliphatic heterocycles. The molecular weight excluding hydrogens is 388 g/mol. The molecule has 1 saturated heterocycles. The van der Waals surface area contributed by atoms with E-state index < -0.39 is 6.04 Å². The highest BCUT2D eigenvalue weighted by molar-refractivity contribution is 6.23. The first-order valence-corrected chi connectivity index (χ1v) is 10.3. The van der Waals surface area contributed by atoms with Crippen LogP contribution in [0, 0.1) is 13.8 Å². The van der Waals surface area contributed by atoms with Crippen LogP contribution in [-0.2, 0) is 16.1 Å². The Hall–Kier alpha value is -3.73. The predicted octanol–water partition coefficient (Wildman–Crippen LogP) is 4.28. The zero-order valence-corrected chi connectivity index (χ0v) is 17.6. The molecule has 0 saturated carbocycles. The van der Waals surface area contributed by atoms with Crippen molar-refractivity contribution >= 4 is 23.4 Å². The van der Waals surface area contributed by atoms with E-state index in [4.69, 9.17) is 0 Å². The normalized spacial score (nSPS) is 15.9. The van der Waals surface area contributed by atoms with Gasteiger partial charge in [-0.25, -0.2) is 4.90 Å². The second kappa shape index (κ2) is 8.56. The van der Waals surface area contributed by atoms with Gasteiger partial charge in [-0.3, -0.25) is 14.4 Å². The molecule has 31 heavy (non-hydrogen) atoms. The fourth-order valence-electron chi connectivity index (χ4n) is 3.90. The highest BCUT2D eigenvalue weighted by Crippen LogP contribution is 2.28. The van der Waals surface area contributed by atoms with Gasteiger partial charge in [0.2, 0.25) is 5.91 Å². The smallest absolute Gasteiger partial charge is 0.257 e. The summed E-state index contributed by atoms with van der Waals surface area (Å²) in [5, 5.41) is 0. The Kier molecular flexibility index (Phi) is 5.67. The summed E-state index contributed by atoms with van der Waals surface area (Å²) in [5.74, 6) is -0.917. The molecule has 156 valence electrons. The van der Waals surface area contributed by atoms with Gasteiger partial charge in [-0.2, -0.15) is 0 Å². The molecule has 3 amide bonds. The monoisotopic (exact) mass is 412 g/mol. The zero-order chi connectivity index (χ0) is 22.0. The van der Waals surface area contributed by atoms with Crippen LogP contribution in [0.25, 0.3) is 0 Å². The zero-order valence-electron chi connectivity index (χ0n) is 17.6. The van der Waals surface area contributed by atoms with Gasteiger partial charge >= 0.3 is 0 Å². The quantitative estimate of drug-likeness (QED) is 0.588. The van der Waals surface area contributed by atoms with Gasteiger partial charge in [0.25, 0.3) is 11.8 Å². The summed E-state index contributed by atoms with van der Waals surface area (Å²) >= 11 is 0. The molecule has 1 aliphatic rings. The summed E-state index contributed by atoms with van der Waals surface area (Å²) in [6.07, 6.45) is -0.0306. The molecule has 0 aromatic heterocycles. The first-order chi connectivity index (χ1) is 15.0. The van der Waals surface area contributed by atoms with Gasteiger partial charge in [0, 0.05) is 12.1 Å². The number of nitrogens with zero attached hydrogens (tertiary/aromatic N) is 2. The first-order valence-electron chi connectivity index (χ1n) is 10.3. The highest BCUT2D eigenvalue weighted by atomic mass is 16.2. The third kappa shape index (κ3) is 4.12. The Bertz CT molecular complexity index is 1120. The second-order valence-electron chi connectivity index (χ2n) is 7.86. The maximum atomic E-state index is 13.5. The lowest BCUT2D eigenvalue weighted by Gasteiger charge is -2.28. The van der Waals surface area contributed by atoms with Crippen molar-refractivity contribution in [1.82, 2.24) is 4.90 Å². The van der Waals surface area contributed by atoms with Gasteiger partial charge in [0.15, 0.2) is 0 Å². The van der Waals surface area contributed by atoms with Crippen LogP contribution in [0.3, 0.4) is 0 Å². The number of hydrogen-bond donors (Lipinski definition) is 0. The maximum Gasteiger partial charge on any atom is 0.257 e. The molecule has 1 unspecified atom stereocenters. The van der Waals surface area contributed by atoms with Crippen molar-refractivity contribution in [2.75, 3.05) is 4.90 Å². The topological polar surface area (TPSA) is 57.7 Å². The van der Waals surface area contributed by atoms with Crippen LogP contribution >= 0.6 is 0 Å². The summed E-state index contributed by atoms with van der Waals surface area (Å²) in [6, 6.07) is 23.2. The second-order valence-corrected chi connectivity index (χ2v) is 7.86. The third-order valence-electron chi connectivity index (χ3n) is 5.62. The van der Waals surface area contributed by atoms with Crippen LogP contribution in [0.4, 0.5) is 5.69 Å².